The third-order valence-corrected chi connectivity index (χ3v) is 2.65. The zero-order valence-corrected chi connectivity index (χ0v) is 11.0. The van der Waals surface area contributed by atoms with Crippen LogP contribution in [0, 0.1) is 11.6 Å². The van der Waals surface area contributed by atoms with E-state index in [9.17, 15) is 13.6 Å². The van der Waals surface area contributed by atoms with Gasteiger partial charge in [0.2, 0.25) is 0 Å². The number of aliphatic hydroxyl groups is 1. The molecule has 2 N–H and O–H groups in total. The Hall–Kier alpha value is -2.47. The second kappa shape index (κ2) is 6.81. The first kappa shape index (κ1) is 14.9. The van der Waals surface area contributed by atoms with E-state index < -0.39 is 17.5 Å². The first-order chi connectivity index (χ1) is 10.1. The van der Waals surface area contributed by atoms with E-state index in [2.05, 4.69) is 5.32 Å². The Bertz CT molecular complexity index is 629. The summed E-state index contributed by atoms with van der Waals surface area (Å²) in [5.41, 5.74) is 0.206. The molecule has 0 radical (unpaired) electrons. The Labute approximate surface area is 120 Å². The van der Waals surface area contributed by atoms with Crippen LogP contribution in [0.4, 0.5) is 14.5 Å². The predicted octanol–water partition coefficient (Wildman–Crippen LogP) is 2.59. The minimum absolute atomic E-state index is 0.0949. The summed E-state index contributed by atoms with van der Waals surface area (Å²) in [6.45, 7) is 0.0782. The fourth-order valence-corrected chi connectivity index (χ4v) is 1.67. The van der Waals surface area contributed by atoms with Crippen LogP contribution in [0.25, 0.3) is 0 Å². The largest absolute Gasteiger partial charge is 0.491 e. The van der Waals surface area contributed by atoms with Gasteiger partial charge in [-0.2, -0.15) is 0 Å². The van der Waals surface area contributed by atoms with Gasteiger partial charge in [-0.1, -0.05) is 0 Å². The molecular weight excluding hydrogens is 280 g/mol. The van der Waals surface area contributed by atoms with E-state index in [4.69, 9.17) is 9.84 Å². The van der Waals surface area contributed by atoms with Crippen molar-refractivity contribution in [3.05, 3.63) is 59.7 Å². The van der Waals surface area contributed by atoms with Crippen LogP contribution in [0.2, 0.25) is 0 Å². The van der Waals surface area contributed by atoms with E-state index in [1.165, 1.54) is 0 Å². The first-order valence-electron chi connectivity index (χ1n) is 6.20. The molecule has 0 aliphatic heterocycles. The lowest BCUT2D eigenvalue weighted by atomic mass is 10.2. The summed E-state index contributed by atoms with van der Waals surface area (Å²) in [5, 5.41) is 11.1. The molecule has 0 fully saturated rings. The second-order valence-electron chi connectivity index (χ2n) is 4.17. The molecule has 0 spiro atoms. The normalized spacial score (nSPS) is 10.2. The number of rotatable bonds is 5. The van der Waals surface area contributed by atoms with Gasteiger partial charge >= 0.3 is 0 Å². The van der Waals surface area contributed by atoms with E-state index in [1.54, 1.807) is 24.3 Å². The van der Waals surface area contributed by atoms with Crippen molar-refractivity contribution in [2.75, 3.05) is 18.5 Å². The Kier molecular flexibility index (Phi) is 4.84. The van der Waals surface area contributed by atoms with Crippen molar-refractivity contribution in [2.45, 2.75) is 0 Å². The van der Waals surface area contributed by atoms with E-state index in [0.717, 1.165) is 12.1 Å². The lowest BCUT2D eigenvalue weighted by Gasteiger charge is -2.08. The molecule has 0 saturated carbocycles. The molecule has 0 aliphatic carbocycles. The quantitative estimate of drug-likeness (QED) is 0.891. The summed E-state index contributed by atoms with van der Waals surface area (Å²) in [7, 11) is 0. The molecule has 4 nitrogen and oxygen atoms in total. The summed E-state index contributed by atoms with van der Waals surface area (Å²) in [4.78, 5) is 11.9. The van der Waals surface area contributed by atoms with E-state index in [0.29, 0.717) is 17.5 Å². The number of aliphatic hydroxyl groups excluding tert-OH is 1. The molecule has 1 amide bonds. The van der Waals surface area contributed by atoms with Gasteiger partial charge in [0.15, 0.2) is 0 Å². The number of carbonyl (C=O) groups is 1. The van der Waals surface area contributed by atoms with Crippen molar-refractivity contribution in [1.82, 2.24) is 0 Å². The number of nitrogens with one attached hydrogen (secondary N) is 1. The summed E-state index contributed by atoms with van der Waals surface area (Å²) in [6, 6.07) is 9.11. The van der Waals surface area contributed by atoms with Crippen LogP contribution >= 0.6 is 0 Å². The number of hydrogen-bond acceptors (Lipinski definition) is 3. The number of anilines is 1. The molecule has 2 aromatic carbocycles. The molecule has 21 heavy (non-hydrogen) atoms. The maximum Gasteiger partial charge on any atom is 0.258 e. The van der Waals surface area contributed by atoms with Crippen molar-refractivity contribution in [3.63, 3.8) is 0 Å². The van der Waals surface area contributed by atoms with Crippen molar-refractivity contribution < 1.29 is 23.4 Å². The molecule has 110 valence electrons. The fraction of sp³-hybridized carbons (Fsp3) is 0.133. The van der Waals surface area contributed by atoms with Gasteiger partial charge < -0.3 is 15.2 Å². The Balaban J connectivity index is 2.05. The summed E-state index contributed by atoms with van der Waals surface area (Å²) in [6.07, 6.45) is 0. The standard InChI is InChI=1S/C15H13F2NO3/c16-10-1-6-13(14(17)9-10)15(20)18-11-2-4-12(5-3-11)21-8-7-19/h1-6,9,19H,7-8H2,(H,18,20). The molecule has 0 heterocycles. The van der Waals surface area contributed by atoms with Crippen LogP contribution in [0.1, 0.15) is 10.4 Å². The van der Waals surface area contributed by atoms with Crippen molar-refractivity contribution in [2.24, 2.45) is 0 Å². The lowest BCUT2D eigenvalue weighted by Crippen LogP contribution is -2.13. The van der Waals surface area contributed by atoms with Crippen molar-refractivity contribution >= 4 is 11.6 Å². The highest BCUT2D eigenvalue weighted by Crippen LogP contribution is 2.17. The van der Waals surface area contributed by atoms with Gasteiger partial charge in [-0.15, -0.1) is 0 Å². The van der Waals surface area contributed by atoms with Crippen LogP contribution in [0.3, 0.4) is 0 Å². The van der Waals surface area contributed by atoms with E-state index in [-0.39, 0.29) is 18.8 Å². The van der Waals surface area contributed by atoms with Crippen LogP contribution in [0.15, 0.2) is 42.5 Å². The molecule has 0 aromatic heterocycles. The Morgan fingerprint density at radius 3 is 2.48 bits per heavy atom. The topological polar surface area (TPSA) is 58.6 Å². The van der Waals surface area contributed by atoms with Crippen LogP contribution in [-0.4, -0.2) is 24.2 Å². The minimum atomic E-state index is -0.921. The molecule has 6 heteroatoms. The van der Waals surface area contributed by atoms with Gasteiger partial charge in [0.1, 0.15) is 24.0 Å². The fourth-order valence-electron chi connectivity index (χ4n) is 1.67. The predicted molar refractivity (Wildman–Crippen MR) is 73.3 cm³/mol. The SMILES string of the molecule is O=C(Nc1ccc(OCCO)cc1)c1ccc(F)cc1F. The Morgan fingerprint density at radius 1 is 1.14 bits per heavy atom. The maximum atomic E-state index is 13.5. The third-order valence-electron chi connectivity index (χ3n) is 2.65. The number of amides is 1. The minimum Gasteiger partial charge on any atom is -0.491 e. The van der Waals surface area contributed by atoms with Gasteiger partial charge in [-0.05, 0) is 36.4 Å². The monoisotopic (exact) mass is 293 g/mol. The van der Waals surface area contributed by atoms with Gasteiger partial charge in [-0.3, -0.25) is 4.79 Å². The molecule has 2 rings (SSSR count). The lowest BCUT2D eigenvalue weighted by molar-refractivity contribution is 0.102. The number of ether oxygens (including phenoxy) is 1. The van der Waals surface area contributed by atoms with E-state index in [1.807, 2.05) is 0 Å². The summed E-state index contributed by atoms with van der Waals surface area (Å²) in [5.74, 6) is -1.80. The molecule has 0 bridgehead atoms. The molecular formula is C15H13F2NO3. The number of benzene rings is 2. The first-order valence-corrected chi connectivity index (χ1v) is 6.20. The van der Waals surface area contributed by atoms with Gasteiger partial charge in [-0.25, -0.2) is 8.78 Å². The second-order valence-corrected chi connectivity index (χ2v) is 4.17. The molecule has 2 aromatic rings. The zero-order valence-electron chi connectivity index (χ0n) is 11.0. The number of carbonyl (C=O) groups excluding carboxylic acids is 1. The number of hydrogen-bond donors (Lipinski definition) is 2. The van der Waals surface area contributed by atoms with Crippen LogP contribution in [0.5, 0.6) is 5.75 Å². The third kappa shape index (κ3) is 4.00. The molecule has 0 unspecified atom stereocenters. The average molecular weight is 293 g/mol. The average Bonchev–Trinajstić information content (AvgIpc) is 2.46. The Morgan fingerprint density at radius 2 is 1.86 bits per heavy atom. The van der Waals surface area contributed by atoms with Gasteiger partial charge in [0.25, 0.3) is 5.91 Å². The highest BCUT2D eigenvalue weighted by atomic mass is 19.1. The summed E-state index contributed by atoms with van der Waals surface area (Å²) < 4.78 is 31.4. The van der Waals surface area contributed by atoms with Gasteiger partial charge in [0.05, 0.1) is 12.2 Å². The summed E-state index contributed by atoms with van der Waals surface area (Å²) >= 11 is 0. The number of halogens is 2. The van der Waals surface area contributed by atoms with Crippen LogP contribution < -0.4 is 10.1 Å². The van der Waals surface area contributed by atoms with Crippen molar-refractivity contribution in [1.29, 1.82) is 0 Å². The van der Waals surface area contributed by atoms with E-state index >= 15 is 0 Å². The maximum absolute atomic E-state index is 13.5. The van der Waals surface area contributed by atoms with Crippen LogP contribution in [-0.2, 0) is 0 Å². The van der Waals surface area contributed by atoms with Crippen molar-refractivity contribution in [3.8, 4) is 5.75 Å². The highest BCUT2D eigenvalue weighted by Gasteiger charge is 2.12. The molecule has 0 saturated heterocycles. The highest BCUT2D eigenvalue weighted by molar-refractivity contribution is 6.04. The molecule has 0 atom stereocenters. The zero-order chi connectivity index (χ0) is 15.2. The smallest absolute Gasteiger partial charge is 0.258 e. The van der Waals surface area contributed by atoms with Gasteiger partial charge in [0, 0.05) is 11.8 Å². The molecule has 0 aliphatic rings.